The first-order chi connectivity index (χ1) is 8.52. The molecule has 102 valence electrons. The Labute approximate surface area is 124 Å². The van der Waals surface area contributed by atoms with Crippen molar-refractivity contribution >= 4 is 41.0 Å². The molecule has 1 atom stereocenters. The van der Waals surface area contributed by atoms with Gasteiger partial charge in [-0.05, 0) is 17.5 Å². The Balaban J connectivity index is 0.00000180. The van der Waals surface area contributed by atoms with Gasteiger partial charge < -0.3 is 10.8 Å². The molecule has 19 heavy (non-hydrogen) atoms. The first kappa shape index (κ1) is 15.7. The molecule has 1 aromatic carbocycles. The Morgan fingerprint density at radius 2 is 2.11 bits per heavy atom. The third kappa shape index (κ3) is 2.98. The van der Waals surface area contributed by atoms with Crippen LogP contribution >= 0.6 is 35.3 Å². The highest BCUT2D eigenvalue weighted by atomic mass is 35.5. The summed E-state index contributed by atoms with van der Waals surface area (Å²) in [6, 6.07) is 5.28. The van der Waals surface area contributed by atoms with Gasteiger partial charge in [0.25, 0.3) is 5.69 Å². The van der Waals surface area contributed by atoms with Crippen molar-refractivity contribution in [2.45, 2.75) is 6.04 Å². The molecule has 0 aliphatic carbocycles. The predicted molar refractivity (Wildman–Crippen MR) is 77.4 cm³/mol. The van der Waals surface area contributed by atoms with Gasteiger partial charge in [-0.1, -0.05) is 17.7 Å². The molecule has 0 saturated heterocycles. The number of nitrogens with zero attached hydrogens (tertiary/aromatic N) is 1. The number of hydrogen-bond donors (Lipinski definition) is 2. The molecule has 0 fully saturated rings. The number of thiophene rings is 1. The van der Waals surface area contributed by atoms with Gasteiger partial charge in [0, 0.05) is 10.9 Å². The minimum atomic E-state index is -0.774. The SMILES string of the molecule is Cl.N[C@@H](c1cccs1)c1c([N+](=O)[O-])ccc(Cl)c1O. The van der Waals surface area contributed by atoms with E-state index in [1.807, 2.05) is 5.38 Å². The quantitative estimate of drug-likeness (QED) is 0.669. The van der Waals surface area contributed by atoms with Crippen molar-refractivity contribution in [3.63, 3.8) is 0 Å². The van der Waals surface area contributed by atoms with Gasteiger partial charge in [-0.25, -0.2) is 0 Å². The van der Waals surface area contributed by atoms with Crippen LogP contribution in [0.2, 0.25) is 5.02 Å². The van der Waals surface area contributed by atoms with Gasteiger partial charge in [0.05, 0.1) is 21.6 Å². The summed E-state index contributed by atoms with van der Waals surface area (Å²) in [7, 11) is 0. The second kappa shape index (κ2) is 6.21. The summed E-state index contributed by atoms with van der Waals surface area (Å²) < 4.78 is 0. The lowest BCUT2D eigenvalue weighted by Crippen LogP contribution is -2.13. The first-order valence-electron chi connectivity index (χ1n) is 4.97. The van der Waals surface area contributed by atoms with Crippen LogP contribution in [0.5, 0.6) is 5.75 Å². The Morgan fingerprint density at radius 1 is 1.42 bits per heavy atom. The second-order valence-electron chi connectivity index (χ2n) is 3.58. The molecule has 0 radical (unpaired) electrons. The lowest BCUT2D eigenvalue weighted by Gasteiger charge is -2.13. The third-order valence-electron chi connectivity index (χ3n) is 2.50. The molecule has 1 heterocycles. The zero-order valence-electron chi connectivity index (χ0n) is 9.45. The molecule has 5 nitrogen and oxygen atoms in total. The van der Waals surface area contributed by atoms with Gasteiger partial charge in [-0.3, -0.25) is 10.1 Å². The van der Waals surface area contributed by atoms with Crippen LogP contribution in [-0.2, 0) is 0 Å². The third-order valence-corrected chi connectivity index (χ3v) is 3.76. The topological polar surface area (TPSA) is 89.4 Å². The molecular weight excluding hydrogens is 311 g/mol. The highest BCUT2D eigenvalue weighted by molar-refractivity contribution is 7.10. The van der Waals surface area contributed by atoms with Crippen LogP contribution in [0.25, 0.3) is 0 Å². The molecular formula is C11H10Cl2N2O3S. The van der Waals surface area contributed by atoms with Gasteiger partial charge in [0.2, 0.25) is 0 Å². The normalized spacial score (nSPS) is 11.7. The Kier molecular flexibility index (Phi) is 5.13. The van der Waals surface area contributed by atoms with Crippen molar-refractivity contribution in [1.29, 1.82) is 0 Å². The highest BCUT2D eigenvalue weighted by Gasteiger charge is 2.26. The largest absolute Gasteiger partial charge is 0.506 e. The average molecular weight is 321 g/mol. The minimum absolute atomic E-state index is 0. The lowest BCUT2D eigenvalue weighted by atomic mass is 10.0. The zero-order chi connectivity index (χ0) is 13.3. The molecule has 0 aliphatic rings. The van der Waals surface area contributed by atoms with E-state index in [4.69, 9.17) is 17.3 Å². The molecule has 0 aliphatic heterocycles. The van der Waals surface area contributed by atoms with Crippen molar-refractivity contribution in [3.05, 3.63) is 55.2 Å². The number of aromatic hydroxyl groups is 1. The fourth-order valence-electron chi connectivity index (χ4n) is 1.65. The molecule has 1 aromatic heterocycles. The van der Waals surface area contributed by atoms with Crippen molar-refractivity contribution in [2.75, 3.05) is 0 Å². The first-order valence-corrected chi connectivity index (χ1v) is 6.23. The number of benzene rings is 1. The van der Waals surface area contributed by atoms with E-state index in [9.17, 15) is 15.2 Å². The van der Waals surface area contributed by atoms with Crippen LogP contribution in [0.1, 0.15) is 16.5 Å². The number of halogens is 2. The molecule has 2 rings (SSSR count). The monoisotopic (exact) mass is 320 g/mol. The average Bonchev–Trinajstić information content (AvgIpc) is 2.84. The summed E-state index contributed by atoms with van der Waals surface area (Å²) in [5.41, 5.74) is 5.76. The van der Waals surface area contributed by atoms with E-state index in [1.165, 1.54) is 23.5 Å². The smallest absolute Gasteiger partial charge is 0.278 e. The predicted octanol–water partition coefficient (Wildman–Crippen LogP) is 3.49. The molecule has 8 heteroatoms. The van der Waals surface area contributed by atoms with E-state index in [-0.39, 0.29) is 34.4 Å². The lowest BCUT2D eigenvalue weighted by molar-refractivity contribution is -0.385. The van der Waals surface area contributed by atoms with Crippen LogP contribution in [0, 0.1) is 10.1 Å². The summed E-state index contributed by atoms with van der Waals surface area (Å²) in [6.07, 6.45) is 0. The number of phenols is 1. The molecule has 0 bridgehead atoms. The summed E-state index contributed by atoms with van der Waals surface area (Å²) in [5, 5.41) is 22.7. The van der Waals surface area contributed by atoms with Gasteiger partial charge >= 0.3 is 0 Å². The van der Waals surface area contributed by atoms with E-state index < -0.39 is 11.0 Å². The summed E-state index contributed by atoms with van der Waals surface area (Å²) in [6.45, 7) is 0. The van der Waals surface area contributed by atoms with Crippen LogP contribution in [0.15, 0.2) is 29.6 Å². The molecule has 0 spiro atoms. The van der Waals surface area contributed by atoms with E-state index in [1.54, 1.807) is 12.1 Å². The highest BCUT2D eigenvalue weighted by Crippen LogP contribution is 2.40. The van der Waals surface area contributed by atoms with E-state index >= 15 is 0 Å². The number of rotatable bonds is 3. The standard InChI is InChI=1S/C11H9ClN2O3S.ClH/c12-6-3-4-7(14(16)17)9(11(6)15)10(13)8-2-1-5-18-8;/h1-5,10,15H,13H2;1H/t10-;/m0./s1. The maximum Gasteiger partial charge on any atom is 0.278 e. The number of nitro benzene ring substituents is 1. The van der Waals surface area contributed by atoms with Crippen molar-refractivity contribution in [2.24, 2.45) is 5.73 Å². The van der Waals surface area contributed by atoms with Gasteiger partial charge in [-0.2, -0.15) is 0 Å². The molecule has 3 N–H and O–H groups in total. The van der Waals surface area contributed by atoms with Crippen molar-refractivity contribution in [1.82, 2.24) is 0 Å². The number of nitrogens with two attached hydrogens (primary N) is 1. The number of phenolic OH excluding ortho intramolecular Hbond substituents is 1. The molecule has 0 amide bonds. The van der Waals surface area contributed by atoms with Crippen LogP contribution in [0.3, 0.4) is 0 Å². The van der Waals surface area contributed by atoms with E-state index in [2.05, 4.69) is 0 Å². The Bertz CT molecular complexity index is 590. The van der Waals surface area contributed by atoms with Crippen LogP contribution < -0.4 is 5.73 Å². The Morgan fingerprint density at radius 3 is 2.63 bits per heavy atom. The second-order valence-corrected chi connectivity index (χ2v) is 4.97. The van der Waals surface area contributed by atoms with Crippen LogP contribution in [0.4, 0.5) is 5.69 Å². The fraction of sp³-hybridized carbons (Fsp3) is 0.0909. The zero-order valence-corrected chi connectivity index (χ0v) is 11.8. The molecule has 2 aromatic rings. The molecule has 0 saturated carbocycles. The Hall–Kier alpha value is -1.34. The maximum atomic E-state index is 11.0. The summed E-state index contributed by atoms with van der Waals surface area (Å²) >= 11 is 7.13. The summed E-state index contributed by atoms with van der Waals surface area (Å²) in [4.78, 5) is 11.1. The van der Waals surface area contributed by atoms with Gasteiger partial charge in [-0.15, -0.1) is 23.7 Å². The summed E-state index contributed by atoms with van der Waals surface area (Å²) in [5.74, 6) is -0.341. The van der Waals surface area contributed by atoms with Gasteiger partial charge in [0.1, 0.15) is 5.75 Å². The van der Waals surface area contributed by atoms with Crippen LogP contribution in [-0.4, -0.2) is 10.0 Å². The van der Waals surface area contributed by atoms with Crippen molar-refractivity contribution < 1.29 is 10.0 Å². The maximum absolute atomic E-state index is 11.0. The number of hydrogen-bond acceptors (Lipinski definition) is 5. The van der Waals surface area contributed by atoms with E-state index in [0.717, 1.165) is 4.88 Å². The minimum Gasteiger partial charge on any atom is -0.506 e. The fourth-order valence-corrected chi connectivity index (χ4v) is 2.55. The van der Waals surface area contributed by atoms with Gasteiger partial charge in [0.15, 0.2) is 0 Å². The van der Waals surface area contributed by atoms with E-state index in [0.29, 0.717) is 0 Å². The number of nitro groups is 1. The molecule has 0 unspecified atom stereocenters. The van der Waals surface area contributed by atoms with Crippen molar-refractivity contribution in [3.8, 4) is 5.75 Å².